The molecule has 0 bridgehead atoms. The number of rotatable bonds is 3. The zero-order chi connectivity index (χ0) is 10.4. The van der Waals surface area contributed by atoms with Crippen LogP contribution in [0.3, 0.4) is 0 Å². The maximum absolute atomic E-state index is 10.8. The van der Waals surface area contributed by atoms with Crippen molar-refractivity contribution < 1.29 is 9.53 Å². The lowest BCUT2D eigenvalue weighted by molar-refractivity contribution is -0.134. The Kier molecular flexibility index (Phi) is 4.71. The molecule has 0 atom stereocenters. The molecule has 0 aromatic heterocycles. The van der Waals surface area contributed by atoms with Crippen LogP contribution in [0.1, 0.15) is 39.0 Å². The fourth-order valence-electron chi connectivity index (χ4n) is 1.99. The van der Waals surface area contributed by atoms with Crippen LogP contribution in [-0.4, -0.2) is 13.1 Å². The molecule has 0 N–H and O–H groups in total. The van der Waals surface area contributed by atoms with Gasteiger partial charge in [0.05, 0.1) is 7.11 Å². The standard InChI is InChI=1S/C12H20O2/c1-10-6-8-11(9-7-10)4-3-5-12(13)14-2/h3,5,10-11H,4,6-9H2,1-2H3/b5-3+. The summed E-state index contributed by atoms with van der Waals surface area (Å²) in [7, 11) is 1.41. The predicted octanol–water partition coefficient (Wildman–Crippen LogP) is 2.93. The Morgan fingerprint density at radius 1 is 1.36 bits per heavy atom. The second-order valence-electron chi connectivity index (χ2n) is 4.29. The molecule has 2 heteroatoms. The van der Waals surface area contributed by atoms with Crippen molar-refractivity contribution in [1.82, 2.24) is 0 Å². The van der Waals surface area contributed by atoms with E-state index in [0.29, 0.717) is 0 Å². The Bertz CT molecular complexity index is 200. The van der Waals surface area contributed by atoms with Gasteiger partial charge < -0.3 is 4.74 Å². The number of ether oxygens (including phenoxy) is 1. The Hall–Kier alpha value is -0.790. The molecule has 0 aromatic rings. The molecule has 0 saturated heterocycles. The predicted molar refractivity (Wildman–Crippen MR) is 56.9 cm³/mol. The first-order valence-corrected chi connectivity index (χ1v) is 5.47. The molecule has 0 amide bonds. The molecule has 0 unspecified atom stereocenters. The van der Waals surface area contributed by atoms with E-state index in [0.717, 1.165) is 18.3 Å². The fraction of sp³-hybridized carbons (Fsp3) is 0.750. The lowest BCUT2D eigenvalue weighted by Crippen LogP contribution is -2.11. The maximum Gasteiger partial charge on any atom is 0.330 e. The summed E-state index contributed by atoms with van der Waals surface area (Å²) in [4.78, 5) is 10.8. The Labute approximate surface area is 86.3 Å². The molecule has 1 aliphatic carbocycles. The second kappa shape index (κ2) is 5.84. The van der Waals surface area contributed by atoms with Gasteiger partial charge in [-0.05, 0) is 31.1 Å². The van der Waals surface area contributed by atoms with Crippen molar-refractivity contribution >= 4 is 5.97 Å². The van der Waals surface area contributed by atoms with Crippen LogP contribution in [0.25, 0.3) is 0 Å². The van der Waals surface area contributed by atoms with E-state index >= 15 is 0 Å². The molecule has 0 aromatic carbocycles. The van der Waals surface area contributed by atoms with Crippen LogP contribution in [0.4, 0.5) is 0 Å². The first-order chi connectivity index (χ1) is 6.72. The maximum atomic E-state index is 10.8. The highest BCUT2D eigenvalue weighted by Gasteiger charge is 2.16. The van der Waals surface area contributed by atoms with Gasteiger partial charge in [0.2, 0.25) is 0 Å². The summed E-state index contributed by atoms with van der Waals surface area (Å²) in [6.07, 6.45) is 9.83. The van der Waals surface area contributed by atoms with Crippen molar-refractivity contribution in [3.8, 4) is 0 Å². The lowest BCUT2D eigenvalue weighted by Gasteiger charge is -2.24. The van der Waals surface area contributed by atoms with Gasteiger partial charge in [0.15, 0.2) is 0 Å². The minimum atomic E-state index is -0.242. The van der Waals surface area contributed by atoms with E-state index in [1.54, 1.807) is 0 Å². The minimum absolute atomic E-state index is 0.242. The van der Waals surface area contributed by atoms with Gasteiger partial charge in [-0.25, -0.2) is 4.79 Å². The normalized spacial score (nSPS) is 27.9. The average Bonchev–Trinajstić information content (AvgIpc) is 2.21. The van der Waals surface area contributed by atoms with Crippen molar-refractivity contribution in [1.29, 1.82) is 0 Å². The molecule has 0 spiro atoms. The van der Waals surface area contributed by atoms with Crippen LogP contribution < -0.4 is 0 Å². The summed E-state index contributed by atoms with van der Waals surface area (Å²) in [6.45, 7) is 2.32. The summed E-state index contributed by atoms with van der Waals surface area (Å²) in [5.41, 5.74) is 0. The van der Waals surface area contributed by atoms with Crippen LogP contribution in [0, 0.1) is 11.8 Å². The number of hydrogen-bond donors (Lipinski definition) is 0. The number of methoxy groups -OCH3 is 1. The van der Waals surface area contributed by atoms with E-state index in [1.807, 2.05) is 6.08 Å². The van der Waals surface area contributed by atoms with E-state index in [9.17, 15) is 4.79 Å². The highest BCUT2D eigenvalue weighted by molar-refractivity contribution is 5.81. The Balaban J connectivity index is 2.19. The Morgan fingerprint density at radius 2 is 2.00 bits per heavy atom. The molecule has 0 heterocycles. The zero-order valence-electron chi connectivity index (χ0n) is 9.16. The van der Waals surface area contributed by atoms with Gasteiger partial charge in [-0.1, -0.05) is 25.8 Å². The number of esters is 1. The quantitative estimate of drug-likeness (QED) is 0.512. The zero-order valence-corrected chi connectivity index (χ0v) is 9.16. The molecule has 14 heavy (non-hydrogen) atoms. The van der Waals surface area contributed by atoms with Crippen LogP contribution >= 0.6 is 0 Å². The van der Waals surface area contributed by atoms with Gasteiger partial charge >= 0.3 is 5.97 Å². The first kappa shape index (κ1) is 11.3. The average molecular weight is 196 g/mol. The largest absolute Gasteiger partial charge is 0.466 e. The molecule has 1 saturated carbocycles. The van der Waals surface area contributed by atoms with Crippen molar-refractivity contribution in [3.63, 3.8) is 0 Å². The van der Waals surface area contributed by atoms with Gasteiger partial charge in [-0.15, -0.1) is 0 Å². The Morgan fingerprint density at radius 3 is 2.57 bits per heavy atom. The highest BCUT2D eigenvalue weighted by Crippen LogP contribution is 2.30. The summed E-state index contributed by atoms with van der Waals surface area (Å²) >= 11 is 0. The molecule has 0 aliphatic heterocycles. The number of allylic oxidation sites excluding steroid dienone is 1. The SMILES string of the molecule is COC(=O)/C=C/CC1CCC(C)CC1. The second-order valence-corrected chi connectivity index (χ2v) is 4.29. The van der Waals surface area contributed by atoms with Gasteiger partial charge in [-0.3, -0.25) is 0 Å². The minimum Gasteiger partial charge on any atom is -0.466 e. The number of hydrogen-bond acceptors (Lipinski definition) is 2. The third kappa shape index (κ3) is 3.95. The number of carbonyl (C=O) groups excluding carboxylic acids is 1. The van der Waals surface area contributed by atoms with E-state index in [2.05, 4.69) is 11.7 Å². The molecule has 1 aliphatic rings. The van der Waals surface area contributed by atoms with Gasteiger partial charge in [0.25, 0.3) is 0 Å². The van der Waals surface area contributed by atoms with Crippen LogP contribution in [-0.2, 0) is 9.53 Å². The van der Waals surface area contributed by atoms with Crippen LogP contribution in [0.2, 0.25) is 0 Å². The monoisotopic (exact) mass is 196 g/mol. The van der Waals surface area contributed by atoms with Crippen molar-refractivity contribution in [3.05, 3.63) is 12.2 Å². The summed E-state index contributed by atoms with van der Waals surface area (Å²) in [5.74, 6) is 1.44. The summed E-state index contributed by atoms with van der Waals surface area (Å²) < 4.78 is 4.53. The molecular weight excluding hydrogens is 176 g/mol. The molecule has 1 fully saturated rings. The van der Waals surface area contributed by atoms with E-state index in [-0.39, 0.29) is 5.97 Å². The van der Waals surface area contributed by atoms with Gasteiger partial charge in [0, 0.05) is 6.08 Å². The van der Waals surface area contributed by atoms with Crippen molar-refractivity contribution in [2.24, 2.45) is 11.8 Å². The molecule has 0 radical (unpaired) electrons. The molecule has 2 nitrogen and oxygen atoms in total. The van der Waals surface area contributed by atoms with Gasteiger partial charge in [0.1, 0.15) is 0 Å². The summed E-state index contributed by atoms with van der Waals surface area (Å²) in [5, 5.41) is 0. The molecule has 1 rings (SSSR count). The smallest absolute Gasteiger partial charge is 0.330 e. The highest BCUT2D eigenvalue weighted by atomic mass is 16.5. The third-order valence-corrected chi connectivity index (χ3v) is 3.06. The van der Waals surface area contributed by atoms with Crippen molar-refractivity contribution in [2.45, 2.75) is 39.0 Å². The lowest BCUT2D eigenvalue weighted by atomic mass is 9.81. The summed E-state index contributed by atoms with van der Waals surface area (Å²) in [6, 6.07) is 0. The van der Waals surface area contributed by atoms with Gasteiger partial charge in [-0.2, -0.15) is 0 Å². The third-order valence-electron chi connectivity index (χ3n) is 3.06. The van der Waals surface area contributed by atoms with E-state index in [1.165, 1.54) is 38.9 Å². The van der Waals surface area contributed by atoms with E-state index < -0.39 is 0 Å². The van der Waals surface area contributed by atoms with Crippen LogP contribution in [0.15, 0.2) is 12.2 Å². The molecule has 80 valence electrons. The number of carbonyl (C=O) groups is 1. The van der Waals surface area contributed by atoms with E-state index in [4.69, 9.17) is 0 Å². The van der Waals surface area contributed by atoms with Crippen molar-refractivity contribution in [2.75, 3.05) is 7.11 Å². The van der Waals surface area contributed by atoms with Crippen LogP contribution in [0.5, 0.6) is 0 Å². The fourth-order valence-corrected chi connectivity index (χ4v) is 1.99. The topological polar surface area (TPSA) is 26.3 Å². The first-order valence-electron chi connectivity index (χ1n) is 5.47. The molecular formula is C12H20O2.